The molecule has 0 atom stereocenters. The summed E-state index contributed by atoms with van der Waals surface area (Å²) in [7, 11) is 1.59. The highest BCUT2D eigenvalue weighted by molar-refractivity contribution is 5.92. The van der Waals surface area contributed by atoms with Gasteiger partial charge in [-0.15, -0.1) is 0 Å². The number of imidazole rings is 1. The van der Waals surface area contributed by atoms with Crippen LogP contribution in [0.25, 0.3) is 17.8 Å². The Labute approximate surface area is 164 Å². The Hall–Kier alpha value is -3.28. The molecule has 146 valence electrons. The molecule has 0 saturated heterocycles. The van der Waals surface area contributed by atoms with Crippen LogP contribution in [0.4, 0.5) is 0 Å². The highest BCUT2D eigenvalue weighted by atomic mass is 16.5. The Kier molecular flexibility index (Phi) is 5.40. The number of nitrogens with zero attached hydrogens (tertiary/aromatic N) is 2. The van der Waals surface area contributed by atoms with E-state index in [4.69, 9.17) is 9.47 Å². The number of ether oxygens (including phenoxy) is 2. The molecule has 0 spiro atoms. The van der Waals surface area contributed by atoms with Crippen LogP contribution in [0.3, 0.4) is 0 Å². The molecular formula is C22H24N2O4. The van der Waals surface area contributed by atoms with Crippen LogP contribution in [0.5, 0.6) is 11.5 Å². The van der Waals surface area contributed by atoms with E-state index in [0.717, 1.165) is 5.56 Å². The summed E-state index contributed by atoms with van der Waals surface area (Å²) in [6.45, 7) is 6.79. The van der Waals surface area contributed by atoms with Crippen molar-refractivity contribution in [3.63, 3.8) is 0 Å². The minimum absolute atomic E-state index is 0.0140. The number of benzene rings is 1. The molecule has 0 radical (unpaired) electrons. The van der Waals surface area contributed by atoms with Crippen LogP contribution < -0.4 is 9.47 Å². The van der Waals surface area contributed by atoms with Gasteiger partial charge in [-0.05, 0) is 35.8 Å². The van der Waals surface area contributed by atoms with Crippen molar-refractivity contribution in [2.45, 2.75) is 20.8 Å². The molecule has 2 aromatic heterocycles. The zero-order valence-corrected chi connectivity index (χ0v) is 16.5. The van der Waals surface area contributed by atoms with Gasteiger partial charge in [0.25, 0.3) is 0 Å². The van der Waals surface area contributed by atoms with Gasteiger partial charge in [0, 0.05) is 11.8 Å². The van der Waals surface area contributed by atoms with Crippen molar-refractivity contribution in [2.75, 3.05) is 13.7 Å². The number of carbonyl (C=O) groups is 1. The smallest absolute Gasteiger partial charge is 0.355 e. The topological polar surface area (TPSA) is 73.1 Å². The summed E-state index contributed by atoms with van der Waals surface area (Å²) in [4.78, 5) is 16.2. The fraction of sp³-hybridized carbons (Fsp3) is 0.273. The second kappa shape index (κ2) is 7.76. The summed E-state index contributed by atoms with van der Waals surface area (Å²) in [5.41, 5.74) is 1.85. The number of para-hydroxylation sites is 1. The highest BCUT2D eigenvalue weighted by Crippen LogP contribution is 2.34. The second-order valence-electron chi connectivity index (χ2n) is 7.64. The first-order valence-corrected chi connectivity index (χ1v) is 8.98. The maximum Gasteiger partial charge on any atom is 0.355 e. The van der Waals surface area contributed by atoms with Crippen molar-refractivity contribution < 1.29 is 19.4 Å². The number of hydrogen-bond acceptors (Lipinski definition) is 4. The Bertz CT molecular complexity index is 1030. The standard InChI is InChI=1S/C22H24N2O4/c1-22(2,3)14-28-20-15(8-7-9-17(20)27-4)11-12-16-19(21(25)26)24-13-6-5-10-18(24)23-16/h5-13H,14H2,1-4H3,(H,25,26)/b12-11+. The minimum atomic E-state index is -1.03. The molecule has 28 heavy (non-hydrogen) atoms. The van der Waals surface area contributed by atoms with Crippen LogP contribution in [0.2, 0.25) is 0 Å². The van der Waals surface area contributed by atoms with Gasteiger partial charge >= 0.3 is 5.97 Å². The van der Waals surface area contributed by atoms with Gasteiger partial charge in [-0.2, -0.15) is 0 Å². The van der Waals surface area contributed by atoms with Gasteiger partial charge in [0.05, 0.1) is 19.4 Å². The maximum atomic E-state index is 11.7. The molecule has 3 aromatic rings. The van der Waals surface area contributed by atoms with E-state index in [0.29, 0.717) is 29.4 Å². The van der Waals surface area contributed by atoms with Crippen LogP contribution in [0.1, 0.15) is 42.5 Å². The summed E-state index contributed by atoms with van der Waals surface area (Å²) in [5.74, 6) is 0.213. The van der Waals surface area contributed by atoms with Crippen molar-refractivity contribution in [1.82, 2.24) is 9.38 Å². The maximum absolute atomic E-state index is 11.7. The van der Waals surface area contributed by atoms with Gasteiger partial charge in [-0.1, -0.05) is 39.0 Å². The third-order valence-electron chi connectivity index (χ3n) is 4.06. The molecule has 0 fully saturated rings. The third kappa shape index (κ3) is 4.17. The monoisotopic (exact) mass is 380 g/mol. The zero-order valence-electron chi connectivity index (χ0n) is 16.5. The normalized spacial score (nSPS) is 11.9. The lowest BCUT2D eigenvalue weighted by Gasteiger charge is -2.21. The van der Waals surface area contributed by atoms with E-state index >= 15 is 0 Å². The minimum Gasteiger partial charge on any atom is -0.493 e. The van der Waals surface area contributed by atoms with Crippen LogP contribution in [0.15, 0.2) is 42.6 Å². The van der Waals surface area contributed by atoms with E-state index in [1.807, 2.05) is 24.3 Å². The SMILES string of the molecule is COc1cccc(/C=C/c2nc3ccccn3c2C(=O)O)c1OCC(C)(C)C. The molecule has 3 rings (SSSR count). The number of aromatic carboxylic acids is 1. The number of rotatable bonds is 6. The lowest BCUT2D eigenvalue weighted by molar-refractivity contribution is 0.0689. The summed E-state index contributed by atoms with van der Waals surface area (Å²) >= 11 is 0. The molecule has 0 saturated carbocycles. The fourth-order valence-corrected chi connectivity index (χ4v) is 2.78. The van der Waals surface area contributed by atoms with Gasteiger partial charge in [-0.25, -0.2) is 9.78 Å². The average molecular weight is 380 g/mol. The molecule has 0 aliphatic rings. The summed E-state index contributed by atoms with van der Waals surface area (Å²) in [5, 5.41) is 9.62. The number of fused-ring (bicyclic) bond motifs is 1. The van der Waals surface area contributed by atoms with Crippen molar-refractivity contribution >= 4 is 23.8 Å². The van der Waals surface area contributed by atoms with Crippen LogP contribution in [-0.2, 0) is 0 Å². The van der Waals surface area contributed by atoms with Crippen molar-refractivity contribution in [2.24, 2.45) is 5.41 Å². The summed E-state index contributed by atoms with van der Waals surface area (Å²) < 4.78 is 13.0. The van der Waals surface area contributed by atoms with Crippen molar-refractivity contribution in [1.29, 1.82) is 0 Å². The number of aromatic nitrogens is 2. The first kappa shape index (κ1) is 19.5. The predicted octanol–water partition coefficient (Wildman–Crippen LogP) is 4.64. The Balaban J connectivity index is 2.02. The zero-order chi connectivity index (χ0) is 20.3. The van der Waals surface area contributed by atoms with Crippen molar-refractivity contribution in [3.8, 4) is 11.5 Å². The lowest BCUT2D eigenvalue weighted by Crippen LogP contribution is -2.17. The third-order valence-corrected chi connectivity index (χ3v) is 4.06. The fourth-order valence-electron chi connectivity index (χ4n) is 2.78. The first-order valence-electron chi connectivity index (χ1n) is 8.98. The summed E-state index contributed by atoms with van der Waals surface area (Å²) in [6.07, 6.45) is 5.18. The molecule has 0 aliphatic carbocycles. The van der Waals surface area contributed by atoms with Gasteiger partial charge in [0.2, 0.25) is 0 Å². The molecule has 0 aliphatic heterocycles. The number of carboxylic acids is 1. The highest BCUT2D eigenvalue weighted by Gasteiger charge is 2.18. The Morgan fingerprint density at radius 3 is 2.64 bits per heavy atom. The van der Waals surface area contributed by atoms with Gasteiger partial charge in [-0.3, -0.25) is 4.40 Å². The van der Waals surface area contributed by atoms with Gasteiger partial charge < -0.3 is 14.6 Å². The quantitative estimate of drug-likeness (QED) is 0.675. The van der Waals surface area contributed by atoms with E-state index in [2.05, 4.69) is 25.8 Å². The molecule has 1 N–H and O–H groups in total. The van der Waals surface area contributed by atoms with Crippen molar-refractivity contribution in [3.05, 3.63) is 59.5 Å². The van der Waals surface area contributed by atoms with Crippen LogP contribution in [0, 0.1) is 5.41 Å². The average Bonchev–Trinajstić information content (AvgIpc) is 3.02. The molecular weight excluding hydrogens is 356 g/mol. The largest absolute Gasteiger partial charge is 0.493 e. The molecule has 0 unspecified atom stereocenters. The van der Waals surface area contributed by atoms with Crippen LogP contribution >= 0.6 is 0 Å². The second-order valence-corrected chi connectivity index (χ2v) is 7.64. The van der Waals surface area contributed by atoms with E-state index in [-0.39, 0.29) is 11.1 Å². The molecule has 6 nitrogen and oxygen atoms in total. The van der Waals surface area contributed by atoms with E-state index < -0.39 is 5.97 Å². The Morgan fingerprint density at radius 1 is 1.18 bits per heavy atom. The molecule has 0 amide bonds. The van der Waals surface area contributed by atoms with E-state index in [1.54, 1.807) is 42.0 Å². The molecule has 0 bridgehead atoms. The molecule has 2 heterocycles. The molecule has 6 heteroatoms. The van der Waals surface area contributed by atoms with Gasteiger partial charge in [0.1, 0.15) is 5.65 Å². The molecule has 1 aromatic carbocycles. The lowest BCUT2D eigenvalue weighted by atomic mass is 9.98. The number of pyridine rings is 1. The van der Waals surface area contributed by atoms with E-state index in [1.165, 1.54) is 0 Å². The predicted molar refractivity (Wildman–Crippen MR) is 109 cm³/mol. The number of carboxylic acid groups (broad SMARTS) is 1. The number of methoxy groups -OCH3 is 1. The Morgan fingerprint density at radius 2 is 1.96 bits per heavy atom. The van der Waals surface area contributed by atoms with Crippen LogP contribution in [-0.4, -0.2) is 34.2 Å². The van der Waals surface area contributed by atoms with E-state index in [9.17, 15) is 9.90 Å². The first-order chi connectivity index (χ1) is 13.3. The summed E-state index contributed by atoms with van der Waals surface area (Å²) in [6, 6.07) is 11.0. The van der Waals surface area contributed by atoms with Gasteiger partial charge in [0.15, 0.2) is 17.2 Å². The number of hydrogen-bond donors (Lipinski definition) is 1.